The van der Waals surface area contributed by atoms with Crippen LogP contribution in [0.4, 0.5) is 5.69 Å². The van der Waals surface area contributed by atoms with E-state index in [1.807, 2.05) is 0 Å². The van der Waals surface area contributed by atoms with Crippen molar-refractivity contribution in [2.45, 2.75) is 90.6 Å². The van der Waals surface area contributed by atoms with E-state index in [9.17, 15) is 24.0 Å². The van der Waals surface area contributed by atoms with Gasteiger partial charge in [-0.2, -0.15) is 0 Å². The highest BCUT2D eigenvalue weighted by molar-refractivity contribution is 6.01. The van der Waals surface area contributed by atoms with Crippen molar-refractivity contribution in [3.05, 3.63) is 23.8 Å². The molecule has 2 N–H and O–H groups in total. The molecular weight excluding hydrogens is 496 g/mol. The van der Waals surface area contributed by atoms with Crippen LogP contribution >= 0.6 is 0 Å². The van der Waals surface area contributed by atoms with Crippen molar-refractivity contribution in [1.82, 2.24) is 5.32 Å². The average Bonchev–Trinajstić information content (AvgIpc) is 2.92. The van der Waals surface area contributed by atoms with Crippen molar-refractivity contribution < 1.29 is 42.9 Å². The van der Waals surface area contributed by atoms with Crippen LogP contribution in [0.5, 0.6) is 5.75 Å². The Morgan fingerprint density at radius 3 is 2.37 bits per heavy atom. The Balaban J connectivity index is 2.35. The molecule has 1 aromatic carbocycles. The van der Waals surface area contributed by atoms with Gasteiger partial charge in [0.1, 0.15) is 12.2 Å². The molecule has 1 aliphatic heterocycles. The number of esters is 3. The first-order valence-corrected chi connectivity index (χ1v) is 13.0. The minimum Gasteiger partial charge on any atom is -0.494 e. The normalized spacial score (nSPS) is 23.6. The van der Waals surface area contributed by atoms with Crippen LogP contribution in [0, 0.1) is 5.92 Å². The Hall–Kier alpha value is -3.63. The van der Waals surface area contributed by atoms with Crippen LogP contribution in [-0.4, -0.2) is 61.7 Å². The van der Waals surface area contributed by atoms with Gasteiger partial charge >= 0.3 is 17.9 Å². The second-order valence-electron chi connectivity index (χ2n) is 9.15. The number of amides is 2. The van der Waals surface area contributed by atoms with Gasteiger partial charge in [0.2, 0.25) is 6.41 Å². The second-order valence-corrected chi connectivity index (χ2v) is 9.15. The lowest BCUT2D eigenvalue weighted by molar-refractivity contribution is -0.174. The Labute approximate surface area is 222 Å². The molecule has 0 aliphatic carbocycles. The standard InChI is InChI=1S/C27H38N2O9/c1-6-8-9-10-12-19-23(38-21(31)7-2)17(4)37-27(34)22(16(3)36-26(19)33)29-25(32)18-13-11-14-20(28-15-30)24(18)35-5/h11,13-17,19,22-23H,6-10,12H2,1-5H3,(H,28,30)(H,29,32)/t16-,17+,19-,22+,23+/m1/s1. The number of para-hydroxylation sites is 1. The largest absolute Gasteiger partial charge is 0.494 e. The number of nitrogens with one attached hydrogen (secondary N) is 2. The zero-order valence-corrected chi connectivity index (χ0v) is 22.6. The van der Waals surface area contributed by atoms with Crippen molar-refractivity contribution >= 4 is 35.9 Å². The maximum absolute atomic E-state index is 13.3. The zero-order chi connectivity index (χ0) is 28.2. The summed E-state index contributed by atoms with van der Waals surface area (Å²) in [5, 5.41) is 5.01. The van der Waals surface area contributed by atoms with E-state index in [-0.39, 0.29) is 23.4 Å². The lowest BCUT2D eigenvalue weighted by Crippen LogP contribution is -2.50. The quantitative estimate of drug-likeness (QED) is 0.179. The Morgan fingerprint density at radius 2 is 1.74 bits per heavy atom. The lowest BCUT2D eigenvalue weighted by Gasteiger charge is -2.29. The molecule has 1 aromatic rings. The Morgan fingerprint density at radius 1 is 1.03 bits per heavy atom. The number of methoxy groups -OCH3 is 1. The predicted octanol–water partition coefficient (Wildman–Crippen LogP) is 3.15. The van der Waals surface area contributed by atoms with Gasteiger partial charge in [-0.15, -0.1) is 0 Å². The molecule has 11 heteroatoms. The molecule has 0 unspecified atom stereocenters. The Bertz CT molecular complexity index is 997. The highest BCUT2D eigenvalue weighted by Crippen LogP contribution is 2.29. The van der Waals surface area contributed by atoms with Crippen molar-refractivity contribution in [2.24, 2.45) is 5.92 Å². The number of unbranched alkanes of at least 4 members (excludes halogenated alkanes) is 3. The first kappa shape index (κ1) is 30.6. The molecule has 11 nitrogen and oxygen atoms in total. The summed E-state index contributed by atoms with van der Waals surface area (Å²) in [6.07, 6.45) is 1.41. The maximum atomic E-state index is 13.3. The lowest BCUT2D eigenvalue weighted by atomic mass is 9.92. The first-order chi connectivity index (χ1) is 18.2. The van der Waals surface area contributed by atoms with Gasteiger partial charge in [-0.3, -0.25) is 19.2 Å². The van der Waals surface area contributed by atoms with Gasteiger partial charge in [-0.1, -0.05) is 45.6 Å². The third kappa shape index (κ3) is 7.93. The van der Waals surface area contributed by atoms with Gasteiger partial charge in [-0.05, 0) is 32.4 Å². The van der Waals surface area contributed by atoms with Crippen molar-refractivity contribution in [2.75, 3.05) is 12.4 Å². The summed E-state index contributed by atoms with van der Waals surface area (Å²) in [6, 6.07) is 3.17. The molecule has 0 radical (unpaired) electrons. The molecule has 2 amide bonds. The third-order valence-electron chi connectivity index (χ3n) is 6.38. The molecule has 5 atom stereocenters. The summed E-state index contributed by atoms with van der Waals surface area (Å²) in [5.74, 6) is -3.48. The number of anilines is 1. The summed E-state index contributed by atoms with van der Waals surface area (Å²) in [4.78, 5) is 62.8. The van der Waals surface area contributed by atoms with E-state index in [0.717, 1.165) is 19.3 Å². The van der Waals surface area contributed by atoms with Gasteiger partial charge in [0.15, 0.2) is 17.9 Å². The zero-order valence-electron chi connectivity index (χ0n) is 22.6. The average molecular weight is 535 g/mol. The number of rotatable bonds is 12. The molecule has 2 rings (SSSR count). The second kappa shape index (κ2) is 14.9. The number of carbonyl (C=O) groups excluding carboxylic acids is 5. The number of benzene rings is 1. The van der Waals surface area contributed by atoms with Crippen LogP contribution in [0.25, 0.3) is 0 Å². The number of hydrogen-bond donors (Lipinski definition) is 2. The van der Waals surface area contributed by atoms with Gasteiger partial charge in [0.05, 0.1) is 24.3 Å². The first-order valence-electron chi connectivity index (χ1n) is 13.0. The number of ether oxygens (including phenoxy) is 4. The monoisotopic (exact) mass is 534 g/mol. The van der Waals surface area contributed by atoms with E-state index < -0.39 is 54.1 Å². The number of carbonyl (C=O) groups is 5. The highest BCUT2D eigenvalue weighted by Gasteiger charge is 2.43. The molecule has 210 valence electrons. The maximum Gasteiger partial charge on any atom is 0.332 e. The van der Waals surface area contributed by atoms with E-state index in [0.29, 0.717) is 19.3 Å². The smallest absolute Gasteiger partial charge is 0.332 e. The summed E-state index contributed by atoms with van der Waals surface area (Å²) in [5.41, 5.74) is 0.300. The molecule has 1 fully saturated rings. The number of hydrogen-bond acceptors (Lipinski definition) is 9. The van der Waals surface area contributed by atoms with E-state index in [4.69, 9.17) is 18.9 Å². The molecule has 1 saturated heterocycles. The molecule has 38 heavy (non-hydrogen) atoms. The van der Waals surface area contributed by atoms with Crippen LogP contribution in [0.2, 0.25) is 0 Å². The molecule has 0 aromatic heterocycles. The fourth-order valence-electron chi connectivity index (χ4n) is 4.31. The van der Waals surface area contributed by atoms with E-state index in [2.05, 4.69) is 17.6 Å². The van der Waals surface area contributed by atoms with Crippen LogP contribution in [-0.2, 0) is 33.4 Å². The fourth-order valence-corrected chi connectivity index (χ4v) is 4.31. The van der Waals surface area contributed by atoms with Crippen LogP contribution in [0.15, 0.2) is 18.2 Å². The summed E-state index contributed by atoms with van der Waals surface area (Å²) < 4.78 is 22.1. The van der Waals surface area contributed by atoms with E-state index in [1.165, 1.54) is 26.2 Å². The topological polar surface area (TPSA) is 146 Å². The fraction of sp³-hybridized carbons (Fsp3) is 0.593. The predicted molar refractivity (Wildman–Crippen MR) is 137 cm³/mol. The van der Waals surface area contributed by atoms with Crippen molar-refractivity contribution in [3.63, 3.8) is 0 Å². The van der Waals surface area contributed by atoms with Gasteiger partial charge in [0.25, 0.3) is 5.91 Å². The summed E-state index contributed by atoms with van der Waals surface area (Å²) >= 11 is 0. The molecule has 0 spiro atoms. The van der Waals surface area contributed by atoms with Crippen molar-refractivity contribution in [3.8, 4) is 5.75 Å². The minimum absolute atomic E-state index is 0.0437. The third-order valence-corrected chi connectivity index (χ3v) is 6.38. The van der Waals surface area contributed by atoms with Gasteiger partial charge in [-0.25, -0.2) is 4.79 Å². The van der Waals surface area contributed by atoms with Crippen molar-refractivity contribution in [1.29, 1.82) is 0 Å². The highest BCUT2D eigenvalue weighted by atomic mass is 16.6. The van der Waals surface area contributed by atoms with Crippen LogP contribution < -0.4 is 15.4 Å². The van der Waals surface area contributed by atoms with Gasteiger partial charge in [0, 0.05) is 6.42 Å². The summed E-state index contributed by atoms with van der Waals surface area (Å²) in [6.45, 7) is 6.72. The van der Waals surface area contributed by atoms with E-state index in [1.54, 1.807) is 19.9 Å². The minimum atomic E-state index is -1.36. The molecular formula is C27H38N2O9. The van der Waals surface area contributed by atoms with E-state index >= 15 is 0 Å². The molecule has 1 heterocycles. The Kier molecular flexibility index (Phi) is 12.0. The van der Waals surface area contributed by atoms with Gasteiger partial charge < -0.3 is 29.6 Å². The van der Waals surface area contributed by atoms with Crippen LogP contribution in [0.1, 0.15) is 76.6 Å². The SMILES string of the molecule is CCCCCC[C@H]1C(=O)O[C@H](C)[C@H](NC(=O)c2cccc(NC=O)c2OC)C(=O)O[C@@H](C)[C@@H]1OC(=O)CC. The van der Waals surface area contributed by atoms with Crippen LogP contribution in [0.3, 0.4) is 0 Å². The number of cyclic esters (lactones) is 2. The molecule has 0 saturated carbocycles. The summed E-state index contributed by atoms with van der Waals surface area (Å²) in [7, 11) is 1.33. The molecule has 0 bridgehead atoms. The molecule has 1 aliphatic rings.